The standard InChI is InChI=1S/C20H21F2IN4O2/c1-10(8-28)11(2)25-20(29)13-7-16-19(24-9-27(16)3)17(22)18(13)26-15-5-4-12(23)6-14(15)21/h4-7,9-11,26,28H,8H2,1-3H3,(H,25,29). The van der Waals surface area contributed by atoms with Crippen molar-refractivity contribution in [2.75, 3.05) is 11.9 Å². The van der Waals surface area contributed by atoms with E-state index >= 15 is 4.39 Å². The third kappa shape index (κ3) is 4.35. The number of halogens is 3. The number of benzene rings is 2. The topological polar surface area (TPSA) is 79.2 Å². The molecule has 0 aliphatic rings. The van der Waals surface area contributed by atoms with Gasteiger partial charge in [-0.2, -0.15) is 0 Å². The summed E-state index contributed by atoms with van der Waals surface area (Å²) in [7, 11) is 1.69. The number of amides is 1. The molecule has 0 aliphatic carbocycles. The summed E-state index contributed by atoms with van der Waals surface area (Å²) >= 11 is 1.98. The predicted octanol–water partition coefficient (Wildman–Crippen LogP) is 3.95. The average Bonchev–Trinajstić information content (AvgIpc) is 3.05. The van der Waals surface area contributed by atoms with Crippen molar-refractivity contribution in [1.82, 2.24) is 14.9 Å². The van der Waals surface area contributed by atoms with Crippen LogP contribution in [0, 0.1) is 21.1 Å². The molecule has 29 heavy (non-hydrogen) atoms. The number of hydrogen-bond acceptors (Lipinski definition) is 4. The lowest BCUT2D eigenvalue weighted by molar-refractivity contribution is 0.0917. The highest BCUT2D eigenvalue weighted by Gasteiger charge is 2.24. The molecule has 2 unspecified atom stereocenters. The molecular weight excluding hydrogens is 493 g/mol. The van der Waals surface area contributed by atoms with Gasteiger partial charge in [-0.3, -0.25) is 4.79 Å². The van der Waals surface area contributed by atoms with Gasteiger partial charge in [0.05, 0.1) is 28.8 Å². The number of imidazole rings is 1. The van der Waals surface area contributed by atoms with Crippen molar-refractivity contribution in [2.24, 2.45) is 13.0 Å². The molecule has 6 nitrogen and oxygen atoms in total. The fraction of sp³-hybridized carbons (Fsp3) is 0.300. The van der Waals surface area contributed by atoms with Gasteiger partial charge < -0.3 is 20.3 Å². The fourth-order valence-corrected chi connectivity index (χ4v) is 3.29. The van der Waals surface area contributed by atoms with E-state index in [9.17, 15) is 14.3 Å². The van der Waals surface area contributed by atoms with Crippen LogP contribution in [0.4, 0.5) is 20.2 Å². The first-order valence-electron chi connectivity index (χ1n) is 9.00. The molecule has 3 N–H and O–H groups in total. The molecule has 0 saturated heterocycles. The molecule has 3 rings (SSSR count). The molecule has 0 saturated carbocycles. The minimum Gasteiger partial charge on any atom is -0.396 e. The Bertz CT molecular complexity index is 1070. The summed E-state index contributed by atoms with van der Waals surface area (Å²) in [6.45, 7) is 3.44. The fourth-order valence-electron chi connectivity index (χ4n) is 2.84. The SMILES string of the molecule is CC(CO)C(C)NC(=O)c1cc2c(ncn2C)c(F)c1Nc1ccc(I)cc1F. The van der Waals surface area contributed by atoms with Gasteiger partial charge in [-0.15, -0.1) is 0 Å². The lowest BCUT2D eigenvalue weighted by Gasteiger charge is -2.21. The highest BCUT2D eigenvalue weighted by molar-refractivity contribution is 14.1. The first-order valence-corrected chi connectivity index (χ1v) is 10.1. The molecule has 154 valence electrons. The van der Waals surface area contributed by atoms with Gasteiger partial charge in [0.2, 0.25) is 0 Å². The lowest BCUT2D eigenvalue weighted by Crippen LogP contribution is -2.38. The van der Waals surface area contributed by atoms with Gasteiger partial charge in [-0.1, -0.05) is 6.92 Å². The van der Waals surface area contributed by atoms with Crippen LogP contribution >= 0.6 is 22.6 Å². The zero-order chi connectivity index (χ0) is 21.3. The highest BCUT2D eigenvalue weighted by atomic mass is 127. The third-order valence-corrected chi connectivity index (χ3v) is 5.57. The Hall–Kier alpha value is -2.27. The average molecular weight is 514 g/mol. The number of nitrogens with one attached hydrogen (secondary N) is 2. The molecule has 0 radical (unpaired) electrons. The van der Waals surface area contributed by atoms with Crippen molar-refractivity contribution in [3.8, 4) is 0 Å². The maximum atomic E-state index is 15.3. The Labute approximate surface area is 180 Å². The van der Waals surface area contributed by atoms with E-state index in [1.165, 1.54) is 24.5 Å². The van der Waals surface area contributed by atoms with Crippen molar-refractivity contribution in [1.29, 1.82) is 0 Å². The normalized spacial score (nSPS) is 13.3. The molecule has 0 bridgehead atoms. The number of anilines is 2. The van der Waals surface area contributed by atoms with Crippen molar-refractivity contribution in [3.63, 3.8) is 0 Å². The third-order valence-electron chi connectivity index (χ3n) is 4.90. The number of hydrogen-bond donors (Lipinski definition) is 3. The van der Waals surface area contributed by atoms with Crippen molar-refractivity contribution >= 4 is 50.9 Å². The number of fused-ring (bicyclic) bond motifs is 1. The van der Waals surface area contributed by atoms with Crippen molar-refractivity contribution in [3.05, 3.63) is 51.4 Å². The molecule has 2 aromatic carbocycles. The number of rotatable bonds is 6. The van der Waals surface area contributed by atoms with E-state index < -0.39 is 17.5 Å². The van der Waals surface area contributed by atoms with Gasteiger partial charge >= 0.3 is 0 Å². The van der Waals surface area contributed by atoms with E-state index in [2.05, 4.69) is 15.6 Å². The van der Waals surface area contributed by atoms with Crippen LogP contribution in [0.15, 0.2) is 30.6 Å². The number of aliphatic hydroxyl groups excluding tert-OH is 1. The van der Waals surface area contributed by atoms with Crippen LogP contribution in [0.1, 0.15) is 24.2 Å². The van der Waals surface area contributed by atoms with Crippen LogP contribution in [-0.2, 0) is 7.05 Å². The number of aromatic nitrogens is 2. The van der Waals surface area contributed by atoms with Crippen LogP contribution in [0.3, 0.4) is 0 Å². The van der Waals surface area contributed by atoms with Crippen LogP contribution in [0.2, 0.25) is 0 Å². The molecule has 2 atom stereocenters. The summed E-state index contributed by atoms with van der Waals surface area (Å²) in [4.78, 5) is 17.0. The van der Waals surface area contributed by atoms with E-state index in [4.69, 9.17) is 0 Å². The number of aryl methyl sites for hydroxylation is 1. The molecule has 1 amide bonds. The van der Waals surface area contributed by atoms with Crippen LogP contribution < -0.4 is 10.6 Å². The highest BCUT2D eigenvalue weighted by Crippen LogP contribution is 2.32. The second kappa shape index (κ2) is 8.62. The molecule has 1 heterocycles. The Morgan fingerprint density at radius 1 is 1.31 bits per heavy atom. The van der Waals surface area contributed by atoms with Crippen LogP contribution in [0.25, 0.3) is 11.0 Å². The van der Waals surface area contributed by atoms with Crippen LogP contribution in [-0.4, -0.2) is 33.2 Å². The minimum absolute atomic E-state index is 0.0218. The maximum absolute atomic E-state index is 15.3. The summed E-state index contributed by atoms with van der Waals surface area (Å²) < 4.78 is 31.9. The first-order chi connectivity index (χ1) is 13.7. The smallest absolute Gasteiger partial charge is 0.253 e. The van der Waals surface area contributed by atoms with E-state index in [1.54, 1.807) is 31.5 Å². The number of nitrogens with zero attached hydrogens (tertiary/aromatic N) is 2. The van der Waals surface area contributed by atoms with Gasteiger partial charge in [0.1, 0.15) is 11.3 Å². The van der Waals surface area contributed by atoms with Crippen molar-refractivity contribution in [2.45, 2.75) is 19.9 Å². The number of carbonyl (C=O) groups excluding carboxylic acids is 1. The summed E-state index contributed by atoms with van der Waals surface area (Å²) in [5.74, 6) is -2.03. The molecule has 0 aliphatic heterocycles. The van der Waals surface area contributed by atoms with E-state index in [1.807, 2.05) is 22.6 Å². The summed E-state index contributed by atoms with van der Waals surface area (Å²) in [5, 5.41) is 14.8. The Morgan fingerprint density at radius 3 is 2.69 bits per heavy atom. The molecule has 0 fully saturated rings. The zero-order valence-electron chi connectivity index (χ0n) is 16.1. The maximum Gasteiger partial charge on any atom is 0.253 e. The number of carbonyl (C=O) groups is 1. The van der Waals surface area contributed by atoms with E-state index in [-0.39, 0.29) is 41.0 Å². The Morgan fingerprint density at radius 2 is 2.03 bits per heavy atom. The predicted molar refractivity (Wildman–Crippen MR) is 116 cm³/mol. The Balaban J connectivity index is 2.10. The lowest BCUT2D eigenvalue weighted by atomic mass is 10.0. The Kier molecular flexibility index (Phi) is 6.37. The van der Waals surface area contributed by atoms with Crippen LogP contribution in [0.5, 0.6) is 0 Å². The van der Waals surface area contributed by atoms with Gasteiger partial charge in [0.15, 0.2) is 5.82 Å². The zero-order valence-corrected chi connectivity index (χ0v) is 18.3. The molecular formula is C20H21F2IN4O2. The summed E-state index contributed by atoms with van der Waals surface area (Å²) in [5.41, 5.74) is 0.426. The van der Waals surface area contributed by atoms with Gasteiger partial charge in [-0.25, -0.2) is 13.8 Å². The number of aliphatic hydroxyl groups is 1. The first kappa shape index (κ1) is 21.4. The molecule has 0 spiro atoms. The molecule has 3 aromatic rings. The minimum atomic E-state index is -0.742. The molecule has 1 aromatic heterocycles. The summed E-state index contributed by atoms with van der Waals surface area (Å²) in [6, 6.07) is 5.64. The quantitative estimate of drug-likeness (QED) is 0.436. The van der Waals surface area contributed by atoms with Gasteiger partial charge in [-0.05, 0) is 59.7 Å². The monoisotopic (exact) mass is 514 g/mol. The van der Waals surface area contributed by atoms with E-state index in [0.29, 0.717) is 9.09 Å². The van der Waals surface area contributed by atoms with Gasteiger partial charge in [0.25, 0.3) is 5.91 Å². The second-order valence-electron chi connectivity index (χ2n) is 7.01. The second-order valence-corrected chi connectivity index (χ2v) is 8.25. The van der Waals surface area contributed by atoms with Gasteiger partial charge in [0, 0.05) is 23.3 Å². The molecule has 9 heteroatoms. The largest absolute Gasteiger partial charge is 0.396 e. The summed E-state index contributed by atoms with van der Waals surface area (Å²) in [6.07, 6.45) is 1.45. The van der Waals surface area contributed by atoms with Crippen molar-refractivity contribution < 1.29 is 18.7 Å². The van der Waals surface area contributed by atoms with E-state index in [0.717, 1.165) is 0 Å².